The summed E-state index contributed by atoms with van der Waals surface area (Å²) in [4.78, 5) is 12.2. The molecule has 1 rings (SSSR count). The second kappa shape index (κ2) is 5.12. The number of nitrogens with two attached hydrogens (primary N) is 1. The van der Waals surface area contributed by atoms with Gasteiger partial charge in [-0.1, -0.05) is 19.9 Å². The van der Waals surface area contributed by atoms with Crippen LogP contribution in [-0.2, 0) is 0 Å². The summed E-state index contributed by atoms with van der Waals surface area (Å²) in [5.74, 6) is 0.356. The van der Waals surface area contributed by atoms with Crippen LogP contribution < -0.4 is 11.1 Å². The predicted molar refractivity (Wildman–Crippen MR) is 59.5 cm³/mol. The Morgan fingerprint density at radius 1 is 1.64 bits per heavy atom. The Morgan fingerprint density at radius 3 is 2.86 bits per heavy atom. The van der Waals surface area contributed by atoms with E-state index in [1.807, 2.05) is 25.3 Å². The summed E-state index contributed by atoms with van der Waals surface area (Å²) < 4.78 is 0. The van der Waals surface area contributed by atoms with Crippen molar-refractivity contribution in [2.75, 3.05) is 6.54 Å². The van der Waals surface area contributed by atoms with Gasteiger partial charge in [0.25, 0.3) is 5.91 Å². The van der Waals surface area contributed by atoms with E-state index in [2.05, 4.69) is 5.32 Å². The Balaban J connectivity index is 2.36. The van der Waals surface area contributed by atoms with Gasteiger partial charge in [-0.2, -0.15) is 0 Å². The molecule has 4 heteroatoms. The lowest BCUT2D eigenvalue weighted by Gasteiger charge is -2.15. The molecule has 0 spiro atoms. The fourth-order valence-corrected chi connectivity index (χ4v) is 1.58. The van der Waals surface area contributed by atoms with E-state index in [-0.39, 0.29) is 11.9 Å². The Bertz CT molecular complexity index is 282. The lowest BCUT2D eigenvalue weighted by molar-refractivity contribution is 0.0953. The predicted octanol–water partition coefficient (Wildman–Crippen LogP) is 1.46. The van der Waals surface area contributed by atoms with Crippen LogP contribution in [0.2, 0.25) is 0 Å². The normalized spacial score (nSPS) is 12.9. The summed E-state index contributed by atoms with van der Waals surface area (Å²) in [7, 11) is 0. The zero-order chi connectivity index (χ0) is 10.6. The highest BCUT2D eigenvalue weighted by molar-refractivity contribution is 7.12. The SMILES string of the molecule is CC(C)[C@@H](N)CNC(=O)c1cccs1. The molecule has 78 valence electrons. The highest BCUT2D eigenvalue weighted by Crippen LogP contribution is 2.07. The summed E-state index contributed by atoms with van der Waals surface area (Å²) in [5, 5.41) is 4.70. The van der Waals surface area contributed by atoms with Crippen molar-refractivity contribution in [3.63, 3.8) is 0 Å². The average molecular weight is 212 g/mol. The van der Waals surface area contributed by atoms with Crippen LogP contribution in [0, 0.1) is 5.92 Å². The van der Waals surface area contributed by atoms with E-state index in [9.17, 15) is 4.79 Å². The summed E-state index contributed by atoms with van der Waals surface area (Å²) in [6.45, 7) is 4.62. The van der Waals surface area contributed by atoms with E-state index in [4.69, 9.17) is 5.73 Å². The number of rotatable bonds is 4. The molecule has 1 aromatic heterocycles. The molecule has 0 fully saturated rings. The first-order chi connectivity index (χ1) is 6.61. The summed E-state index contributed by atoms with van der Waals surface area (Å²) in [6, 6.07) is 3.70. The van der Waals surface area contributed by atoms with Crippen LogP contribution in [0.1, 0.15) is 23.5 Å². The Labute approximate surface area is 88.3 Å². The molecule has 0 bridgehead atoms. The zero-order valence-corrected chi connectivity index (χ0v) is 9.30. The van der Waals surface area contributed by atoms with Gasteiger partial charge in [0.2, 0.25) is 0 Å². The Hall–Kier alpha value is -0.870. The van der Waals surface area contributed by atoms with Crippen LogP contribution in [-0.4, -0.2) is 18.5 Å². The fraction of sp³-hybridized carbons (Fsp3) is 0.500. The number of carbonyl (C=O) groups is 1. The van der Waals surface area contributed by atoms with E-state index in [1.54, 1.807) is 6.07 Å². The van der Waals surface area contributed by atoms with Crippen LogP contribution in [0.5, 0.6) is 0 Å². The number of hydrogen-bond acceptors (Lipinski definition) is 3. The molecule has 3 nitrogen and oxygen atoms in total. The summed E-state index contributed by atoms with van der Waals surface area (Å²) in [6.07, 6.45) is 0. The molecule has 0 aromatic carbocycles. The van der Waals surface area contributed by atoms with Gasteiger partial charge in [0.1, 0.15) is 0 Å². The second-order valence-corrected chi connectivity index (χ2v) is 4.54. The van der Waals surface area contributed by atoms with Gasteiger partial charge in [0, 0.05) is 12.6 Å². The van der Waals surface area contributed by atoms with Gasteiger partial charge in [-0.05, 0) is 17.4 Å². The number of thiophene rings is 1. The van der Waals surface area contributed by atoms with Crippen molar-refractivity contribution in [3.05, 3.63) is 22.4 Å². The first-order valence-corrected chi connectivity index (χ1v) is 5.56. The van der Waals surface area contributed by atoms with Crippen molar-refractivity contribution in [2.45, 2.75) is 19.9 Å². The van der Waals surface area contributed by atoms with Gasteiger partial charge >= 0.3 is 0 Å². The smallest absolute Gasteiger partial charge is 0.261 e. The number of carbonyl (C=O) groups excluding carboxylic acids is 1. The highest BCUT2D eigenvalue weighted by atomic mass is 32.1. The topological polar surface area (TPSA) is 55.1 Å². The first-order valence-electron chi connectivity index (χ1n) is 4.68. The van der Waals surface area contributed by atoms with Gasteiger partial charge in [0.05, 0.1) is 4.88 Å². The molecule has 1 aromatic rings. The van der Waals surface area contributed by atoms with Crippen LogP contribution >= 0.6 is 11.3 Å². The second-order valence-electron chi connectivity index (χ2n) is 3.60. The fourth-order valence-electron chi connectivity index (χ4n) is 0.941. The Kier molecular flexibility index (Phi) is 4.10. The largest absolute Gasteiger partial charge is 0.350 e. The maximum atomic E-state index is 11.5. The molecule has 0 aliphatic rings. The standard InChI is InChI=1S/C10H16N2OS/c1-7(2)8(11)6-12-10(13)9-4-3-5-14-9/h3-5,7-8H,6,11H2,1-2H3,(H,12,13)/t8-/m0/s1. The van der Waals surface area contributed by atoms with Gasteiger partial charge in [0.15, 0.2) is 0 Å². The number of amides is 1. The average Bonchev–Trinajstić information content (AvgIpc) is 2.66. The van der Waals surface area contributed by atoms with Crippen LogP contribution in [0.25, 0.3) is 0 Å². The van der Waals surface area contributed by atoms with Gasteiger partial charge in [-0.3, -0.25) is 4.79 Å². The van der Waals surface area contributed by atoms with E-state index in [1.165, 1.54) is 11.3 Å². The molecule has 0 aliphatic carbocycles. The minimum atomic E-state index is -0.0314. The molecular formula is C10H16N2OS. The molecule has 0 radical (unpaired) electrons. The summed E-state index contributed by atoms with van der Waals surface area (Å²) >= 11 is 1.44. The number of nitrogens with one attached hydrogen (secondary N) is 1. The molecule has 0 aliphatic heterocycles. The van der Waals surface area contributed by atoms with Crippen molar-refractivity contribution in [2.24, 2.45) is 11.7 Å². The maximum Gasteiger partial charge on any atom is 0.261 e. The molecular weight excluding hydrogens is 196 g/mol. The van der Waals surface area contributed by atoms with Crippen LogP contribution in [0.4, 0.5) is 0 Å². The number of hydrogen-bond donors (Lipinski definition) is 2. The monoisotopic (exact) mass is 212 g/mol. The lowest BCUT2D eigenvalue weighted by Crippen LogP contribution is -2.40. The van der Waals surface area contributed by atoms with Gasteiger partial charge in [-0.15, -0.1) is 11.3 Å². The molecule has 0 saturated heterocycles. The first kappa shape index (κ1) is 11.2. The molecule has 0 saturated carbocycles. The van der Waals surface area contributed by atoms with E-state index in [0.29, 0.717) is 12.5 Å². The van der Waals surface area contributed by atoms with Crippen molar-refractivity contribution >= 4 is 17.2 Å². The van der Waals surface area contributed by atoms with E-state index >= 15 is 0 Å². The van der Waals surface area contributed by atoms with Crippen molar-refractivity contribution in [1.29, 1.82) is 0 Å². The van der Waals surface area contributed by atoms with E-state index in [0.717, 1.165) is 4.88 Å². The third-order valence-corrected chi connectivity index (χ3v) is 2.97. The molecule has 0 unspecified atom stereocenters. The third kappa shape index (κ3) is 3.12. The third-order valence-electron chi connectivity index (χ3n) is 2.10. The minimum absolute atomic E-state index is 0.0268. The Morgan fingerprint density at radius 2 is 2.36 bits per heavy atom. The zero-order valence-electron chi connectivity index (χ0n) is 8.49. The summed E-state index contributed by atoms with van der Waals surface area (Å²) in [5.41, 5.74) is 5.81. The maximum absolute atomic E-state index is 11.5. The molecule has 1 heterocycles. The highest BCUT2D eigenvalue weighted by Gasteiger charge is 2.10. The molecule has 3 N–H and O–H groups in total. The molecule has 1 atom stereocenters. The van der Waals surface area contributed by atoms with Gasteiger partial charge < -0.3 is 11.1 Å². The van der Waals surface area contributed by atoms with Crippen molar-refractivity contribution in [3.8, 4) is 0 Å². The van der Waals surface area contributed by atoms with Crippen molar-refractivity contribution < 1.29 is 4.79 Å². The lowest BCUT2D eigenvalue weighted by atomic mass is 10.1. The van der Waals surface area contributed by atoms with E-state index < -0.39 is 0 Å². The van der Waals surface area contributed by atoms with Crippen LogP contribution in [0.3, 0.4) is 0 Å². The van der Waals surface area contributed by atoms with Gasteiger partial charge in [-0.25, -0.2) is 0 Å². The molecule has 1 amide bonds. The minimum Gasteiger partial charge on any atom is -0.350 e. The molecule has 14 heavy (non-hydrogen) atoms. The van der Waals surface area contributed by atoms with Crippen molar-refractivity contribution in [1.82, 2.24) is 5.32 Å². The quantitative estimate of drug-likeness (QED) is 0.794. The van der Waals surface area contributed by atoms with Crippen LogP contribution in [0.15, 0.2) is 17.5 Å².